The summed E-state index contributed by atoms with van der Waals surface area (Å²) in [5.41, 5.74) is 0.641. The number of carboxylic acid groups (broad SMARTS) is 1. The highest BCUT2D eigenvalue weighted by Crippen LogP contribution is 2.40. The first-order valence-corrected chi connectivity index (χ1v) is 8.10. The van der Waals surface area contributed by atoms with Gasteiger partial charge in [0.15, 0.2) is 0 Å². The minimum atomic E-state index is -1.17. The second kappa shape index (κ2) is 6.28. The normalized spacial score (nSPS) is 14.3. The zero-order valence-electron chi connectivity index (χ0n) is 14.2. The lowest BCUT2D eigenvalue weighted by molar-refractivity contribution is 0.0694. The molecule has 24 heavy (non-hydrogen) atoms. The highest BCUT2D eigenvalue weighted by atomic mass is 16.5. The monoisotopic (exact) mass is 330 g/mol. The fourth-order valence-electron chi connectivity index (χ4n) is 3.04. The predicted molar refractivity (Wildman–Crippen MR) is 92.2 cm³/mol. The quantitative estimate of drug-likeness (QED) is 0.880. The molecule has 1 N–H and O–H groups in total. The van der Waals surface area contributed by atoms with Gasteiger partial charge < -0.3 is 19.3 Å². The molecule has 1 heterocycles. The van der Waals surface area contributed by atoms with E-state index < -0.39 is 11.4 Å². The number of pyridine rings is 1. The van der Waals surface area contributed by atoms with Gasteiger partial charge >= 0.3 is 5.97 Å². The molecule has 6 nitrogen and oxygen atoms in total. The highest BCUT2D eigenvalue weighted by molar-refractivity contribution is 5.95. The second-order valence-electron chi connectivity index (χ2n) is 6.50. The summed E-state index contributed by atoms with van der Waals surface area (Å²) in [5, 5.41) is 9.86. The van der Waals surface area contributed by atoms with Crippen molar-refractivity contribution in [2.75, 3.05) is 27.2 Å². The molecular weight excluding hydrogens is 308 g/mol. The third kappa shape index (κ3) is 2.89. The van der Waals surface area contributed by atoms with Crippen LogP contribution in [0.2, 0.25) is 0 Å². The van der Waals surface area contributed by atoms with E-state index in [9.17, 15) is 14.7 Å². The van der Waals surface area contributed by atoms with Crippen LogP contribution in [0, 0.1) is 6.92 Å². The molecule has 1 aliphatic carbocycles. The van der Waals surface area contributed by atoms with Gasteiger partial charge in [-0.3, -0.25) is 4.79 Å². The molecule has 0 atom stereocenters. The van der Waals surface area contributed by atoms with Crippen molar-refractivity contribution in [3.63, 3.8) is 0 Å². The van der Waals surface area contributed by atoms with Crippen molar-refractivity contribution in [2.45, 2.75) is 25.8 Å². The average Bonchev–Trinajstić information content (AvgIpc) is 3.32. The fraction of sp³-hybridized carbons (Fsp3) is 0.444. The van der Waals surface area contributed by atoms with Crippen molar-refractivity contribution in [2.24, 2.45) is 0 Å². The molecule has 0 radical (unpaired) electrons. The number of ether oxygens (including phenoxy) is 1. The van der Waals surface area contributed by atoms with Crippen LogP contribution in [0.1, 0.15) is 34.9 Å². The highest BCUT2D eigenvalue weighted by Gasteiger charge is 2.30. The Balaban J connectivity index is 2.21. The smallest absolute Gasteiger partial charge is 0.341 e. The van der Waals surface area contributed by atoms with Crippen molar-refractivity contribution < 1.29 is 14.6 Å². The van der Waals surface area contributed by atoms with Gasteiger partial charge in [0.2, 0.25) is 5.43 Å². The molecule has 3 rings (SSSR count). The lowest BCUT2D eigenvalue weighted by Crippen LogP contribution is -2.23. The molecule has 1 aliphatic rings. The molecule has 0 saturated heterocycles. The topological polar surface area (TPSA) is 71.8 Å². The van der Waals surface area contributed by atoms with Gasteiger partial charge in [-0.2, -0.15) is 0 Å². The van der Waals surface area contributed by atoms with E-state index in [2.05, 4.69) is 0 Å². The maximum absolute atomic E-state index is 12.7. The molecule has 0 spiro atoms. The van der Waals surface area contributed by atoms with Crippen LogP contribution in [-0.4, -0.2) is 47.8 Å². The SMILES string of the molecule is Cc1c(C(=O)O)c(=O)c2cccc(OCCN(C)C)c2n1C1CC1. The number of aromatic nitrogens is 1. The van der Waals surface area contributed by atoms with Gasteiger partial charge in [0.05, 0.1) is 10.9 Å². The number of hydrogen-bond acceptors (Lipinski definition) is 4. The van der Waals surface area contributed by atoms with E-state index in [4.69, 9.17) is 4.74 Å². The molecule has 1 fully saturated rings. The van der Waals surface area contributed by atoms with Crippen molar-refractivity contribution in [3.8, 4) is 5.75 Å². The Morgan fingerprint density at radius 3 is 2.67 bits per heavy atom. The Kier molecular flexibility index (Phi) is 4.32. The number of aromatic carboxylic acids is 1. The van der Waals surface area contributed by atoms with Gasteiger partial charge in [-0.05, 0) is 46.0 Å². The first kappa shape index (κ1) is 16.5. The van der Waals surface area contributed by atoms with Gasteiger partial charge in [-0.25, -0.2) is 4.79 Å². The Hall–Kier alpha value is -2.34. The van der Waals surface area contributed by atoms with Crippen molar-refractivity contribution in [1.29, 1.82) is 0 Å². The van der Waals surface area contributed by atoms with E-state index in [-0.39, 0.29) is 11.6 Å². The van der Waals surface area contributed by atoms with Gasteiger partial charge in [0.1, 0.15) is 17.9 Å². The molecule has 2 aromatic rings. The Morgan fingerprint density at radius 2 is 2.08 bits per heavy atom. The summed E-state index contributed by atoms with van der Waals surface area (Å²) in [6.07, 6.45) is 1.98. The van der Waals surface area contributed by atoms with Crippen molar-refractivity contribution in [1.82, 2.24) is 9.47 Å². The summed E-state index contributed by atoms with van der Waals surface area (Å²) in [6, 6.07) is 5.51. The molecular formula is C18H22N2O4. The van der Waals surface area contributed by atoms with Crippen LogP contribution >= 0.6 is 0 Å². The number of carbonyl (C=O) groups is 1. The molecule has 128 valence electrons. The van der Waals surface area contributed by atoms with Crippen molar-refractivity contribution >= 4 is 16.9 Å². The molecule has 0 bridgehead atoms. The zero-order valence-corrected chi connectivity index (χ0v) is 14.2. The minimum absolute atomic E-state index is 0.139. The van der Waals surface area contributed by atoms with Gasteiger partial charge in [-0.15, -0.1) is 0 Å². The Labute approximate surface area is 140 Å². The number of benzene rings is 1. The van der Waals surface area contributed by atoms with Crippen LogP contribution in [0.3, 0.4) is 0 Å². The first-order valence-electron chi connectivity index (χ1n) is 8.10. The summed E-state index contributed by atoms with van der Waals surface area (Å²) in [5.74, 6) is -0.536. The third-order valence-corrected chi connectivity index (χ3v) is 4.36. The van der Waals surface area contributed by atoms with E-state index in [1.54, 1.807) is 19.1 Å². The number of rotatable bonds is 6. The molecule has 0 aliphatic heterocycles. The van der Waals surface area contributed by atoms with E-state index in [1.165, 1.54) is 0 Å². The number of para-hydroxylation sites is 1. The standard InChI is InChI=1S/C18H22N2O4/c1-11-15(18(22)23)17(21)13-5-4-6-14(24-10-9-19(2)3)16(13)20(11)12-7-8-12/h4-6,12H,7-10H2,1-3H3,(H,22,23). The van der Waals surface area contributed by atoms with Crippen LogP contribution in [0.15, 0.2) is 23.0 Å². The van der Waals surface area contributed by atoms with Gasteiger partial charge in [-0.1, -0.05) is 6.07 Å². The number of likely N-dealkylation sites (N-methyl/N-ethyl adjacent to an activating group) is 1. The van der Waals surface area contributed by atoms with Crippen LogP contribution in [0.5, 0.6) is 5.75 Å². The van der Waals surface area contributed by atoms with E-state index >= 15 is 0 Å². The summed E-state index contributed by atoms with van der Waals surface area (Å²) in [7, 11) is 3.94. The second-order valence-corrected chi connectivity index (χ2v) is 6.50. The fourth-order valence-corrected chi connectivity index (χ4v) is 3.04. The average molecular weight is 330 g/mol. The lowest BCUT2D eigenvalue weighted by Gasteiger charge is -2.19. The molecule has 6 heteroatoms. The van der Waals surface area contributed by atoms with Crippen LogP contribution in [-0.2, 0) is 0 Å². The van der Waals surface area contributed by atoms with E-state index in [0.717, 1.165) is 19.4 Å². The molecule has 0 amide bonds. The zero-order chi connectivity index (χ0) is 17.4. The van der Waals surface area contributed by atoms with Crippen LogP contribution < -0.4 is 10.2 Å². The predicted octanol–water partition coefficient (Wildman–Crippen LogP) is 2.28. The minimum Gasteiger partial charge on any atom is -0.490 e. The van der Waals surface area contributed by atoms with Gasteiger partial charge in [0.25, 0.3) is 0 Å². The van der Waals surface area contributed by atoms with E-state index in [1.807, 2.05) is 29.6 Å². The third-order valence-electron chi connectivity index (χ3n) is 4.36. The van der Waals surface area contributed by atoms with E-state index in [0.29, 0.717) is 29.0 Å². The van der Waals surface area contributed by atoms with Crippen LogP contribution in [0.25, 0.3) is 10.9 Å². The largest absolute Gasteiger partial charge is 0.490 e. The maximum Gasteiger partial charge on any atom is 0.341 e. The number of fused-ring (bicyclic) bond motifs is 1. The Morgan fingerprint density at radius 1 is 1.38 bits per heavy atom. The molecule has 1 saturated carbocycles. The summed E-state index contributed by atoms with van der Waals surface area (Å²) in [4.78, 5) is 26.2. The van der Waals surface area contributed by atoms with Crippen LogP contribution in [0.4, 0.5) is 0 Å². The molecule has 1 aromatic heterocycles. The lowest BCUT2D eigenvalue weighted by atomic mass is 10.1. The molecule has 0 unspecified atom stereocenters. The van der Waals surface area contributed by atoms with Gasteiger partial charge in [0, 0.05) is 18.3 Å². The number of carboxylic acids is 1. The first-order chi connectivity index (χ1) is 11.4. The summed E-state index contributed by atoms with van der Waals surface area (Å²) < 4.78 is 7.89. The summed E-state index contributed by atoms with van der Waals surface area (Å²) in [6.45, 7) is 2.97. The maximum atomic E-state index is 12.7. The number of hydrogen-bond donors (Lipinski definition) is 1. The number of nitrogens with zero attached hydrogens (tertiary/aromatic N) is 2. The molecule has 1 aromatic carbocycles. The Bertz CT molecular complexity index is 850. The summed E-state index contributed by atoms with van der Waals surface area (Å²) >= 11 is 0. The van der Waals surface area contributed by atoms with Crippen molar-refractivity contribution in [3.05, 3.63) is 39.7 Å².